The lowest BCUT2D eigenvalue weighted by Crippen LogP contribution is -2.11. The number of fused-ring (bicyclic) bond motifs is 2. The van der Waals surface area contributed by atoms with Crippen LogP contribution >= 0.6 is 0 Å². The summed E-state index contributed by atoms with van der Waals surface area (Å²) < 4.78 is 18.7. The second kappa shape index (κ2) is 7.47. The molecular formula is C23H22N2O4. The van der Waals surface area contributed by atoms with Gasteiger partial charge in [-0.1, -0.05) is 6.07 Å². The Morgan fingerprint density at radius 1 is 1.03 bits per heavy atom. The maximum Gasteiger partial charge on any atom is 0.303 e. The summed E-state index contributed by atoms with van der Waals surface area (Å²) in [5.74, 6) is 0.835. The fourth-order valence-electron chi connectivity index (χ4n) is 3.66. The van der Waals surface area contributed by atoms with Crippen LogP contribution in [0.4, 0.5) is 0 Å². The Balaban J connectivity index is 1.92. The summed E-state index contributed by atoms with van der Waals surface area (Å²) in [7, 11) is 5.18. The summed E-state index contributed by atoms with van der Waals surface area (Å²) in [6, 6.07) is 13.7. The molecule has 1 atom stereocenters. The van der Waals surface area contributed by atoms with Crippen molar-refractivity contribution in [2.24, 2.45) is 7.05 Å². The Morgan fingerprint density at radius 3 is 2.52 bits per heavy atom. The van der Waals surface area contributed by atoms with Crippen molar-refractivity contribution in [2.75, 3.05) is 14.2 Å². The van der Waals surface area contributed by atoms with Crippen LogP contribution in [0.3, 0.4) is 0 Å². The second-order valence-electron chi connectivity index (χ2n) is 6.86. The Labute approximate surface area is 168 Å². The number of benzene rings is 2. The second-order valence-corrected chi connectivity index (χ2v) is 6.86. The highest BCUT2D eigenvalue weighted by Crippen LogP contribution is 2.37. The topological polar surface area (TPSA) is 62.6 Å². The lowest BCUT2D eigenvalue weighted by atomic mass is 9.96. The summed E-state index contributed by atoms with van der Waals surface area (Å²) in [6.45, 7) is 1.42. The van der Waals surface area contributed by atoms with Gasteiger partial charge in [-0.15, -0.1) is 0 Å². The summed E-state index contributed by atoms with van der Waals surface area (Å²) >= 11 is 0. The molecule has 2 heterocycles. The number of ether oxygens (including phenoxy) is 3. The third-order valence-electron chi connectivity index (χ3n) is 5.06. The highest BCUT2D eigenvalue weighted by Gasteiger charge is 2.22. The third-order valence-corrected chi connectivity index (χ3v) is 5.06. The van der Waals surface area contributed by atoms with Crippen molar-refractivity contribution in [2.45, 2.75) is 13.0 Å². The van der Waals surface area contributed by atoms with Crippen molar-refractivity contribution in [3.63, 3.8) is 0 Å². The molecule has 0 aliphatic rings. The zero-order valence-electron chi connectivity index (χ0n) is 16.8. The number of aryl methyl sites for hydroxylation is 1. The molecule has 0 saturated carbocycles. The van der Waals surface area contributed by atoms with Gasteiger partial charge in [0.15, 0.2) is 17.6 Å². The van der Waals surface area contributed by atoms with Crippen LogP contribution in [0.5, 0.6) is 11.5 Å². The van der Waals surface area contributed by atoms with Crippen LogP contribution in [0.2, 0.25) is 0 Å². The van der Waals surface area contributed by atoms with Gasteiger partial charge in [-0.3, -0.25) is 9.78 Å². The van der Waals surface area contributed by atoms with Crippen LogP contribution < -0.4 is 9.47 Å². The van der Waals surface area contributed by atoms with Crippen molar-refractivity contribution in [3.05, 3.63) is 66.0 Å². The molecule has 148 valence electrons. The molecule has 0 N–H and O–H groups in total. The zero-order valence-corrected chi connectivity index (χ0v) is 16.8. The fraction of sp³-hybridized carbons (Fsp3) is 0.217. The smallest absolute Gasteiger partial charge is 0.303 e. The SMILES string of the molecule is COc1cc2nccc(C(OC(C)=O)c3ccc4c(ccn4C)c3)c2cc1OC. The lowest BCUT2D eigenvalue weighted by Gasteiger charge is -2.20. The van der Waals surface area contributed by atoms with E-state index in [1.807, 2.05) is 49.6 Å². The number of nitrogens with zero attached hydrogens (tertiary/aromatic N) is 2. The van der Waals surface area contributed by atoms with Crippen LogP contribution in [-0.4, -0.2) is 29.7 Å². The standard InChI is InChI=1S/C23H22N2O4/c1-14(26)29-23(16-5-6-20-15(11-16)8-10-25(20)2)17-7-9-24-19-13-22(28-4)21(27-3)12-18(17)19/h5-13,23H,1-4H3. The predicted molar refractivity (Wildman–Crippen MR) is 111 cm³/mol. The van der Waals surface area contributed by atoms with E-state index >= 15 is 0 Å². The minimum absolute atomic E-state index is 0.353. The maximum atomic E-state index is 11.9. The van der Waals surface area contributed by atoms with Gasteiger partial charge in [0, 0.05) is 48.9 Å². The maximum absolute atomic E-state index is 11.9. The molecule has 29 heavy (non-hydrogen) atoms. The zero-order chi connectivity index (χ0) is 20.5. The molecule has 2 aromatic heterocycles. The summed E-state index contributed by atoms with van der Waals surface area (Å²) in [6.07, 6.45) is 3.15. The van der Waals surface area contributed by atoms with Crippen molar-refractivity contribution < 1.29 is 19.0 Å². The molecule has 6 heteroatoms. The number of aromatic nitrogens is 2. The summed E-state index contributed by atoms with van der Waals surface area (Å²) in [5.41, 5.74) is 3.57. The van der Waals surface area contributed by atoms with Crippen LogP contribution in [0.1, 0.15) is 24.2 Å². The van der Waals surface area contributed by atoms with Crippen molar-refractivity contribution >= 4 is 27.8 Å². The van der Waals surface area contributed by atoms with Gasteiger partial charge < -0.3 is 18.8 Å². The average molecular weight is 390 g/mol. The Bertz CT molecular complexity index is 1210. The van der Waals surface area contributed by atoms with Crippen LogP contribution in [0.25, 0.3) is 21.8 Å². The van der Waals surface area contributed by atoms with Gasteiger partial charge >= 0.3 is 5.97 Å². The van der Waals surface area contributed by atoms with Gasteiger partial charge in [-0.2, -0.15) is 0 Å². The van der Waals surface area contributed by atoms with Crippen molar-refractivity contribution in [1.82, 2.24) is 9.55 Å². The molecule has 0 amide bonds. The average Bonchev–Trinajstić information content (AvgIpc) is 3.10. The Hall–Kier alpha value is -3.54. The molecule has 0 bridgehead atoms. The quantitative estimate of drug-likeness (QED) is 0.473. The van der Waals surface area contributed by atoms with Gasteiger partial charge in [-0.05, 0) is 41.3 Å². The molecule has 0 spiro atoms. The van der Waals surface area contributed by atoms with Crippen LogP contribution in [0.15, 0.2) is 54.9 Å². The van der Waals surface area contributed by atoms with Gasteiger partial charge in [0.2, 0.25) is 0 Å². The highest BCUT2D eigenvalue weighted by atomic mass is 16.5. The van der Waals surface area contributed by atoms with Gasteiger partial charge in [-0.25, -0.2) is 0 Å². The minimum atomic E-state index is -0.569. The van der Waals surface area contributed by atoms with Gasteiger partial charge in [0.05, 0.1) is 19.7 Å². The van der Waals surface area contributed by atoms with E-state index in [1.54, 1.807) is 20.4 Å². The monoisotopic (exact) mass is 390 g/mol. The number of hydrogen-bond donors (Lipinski definition) is 0. The predicted octanol–water partition coefficient (Wildman–Crippen LogP) is 4.40. The molecule has 4 aromatic rings. The van der Waals surface area contributed by atoms with E-state index in [1.165, 1.54) is 6.92 Å². The number of hydrogen-bond acceptors (Lipinski definition) is 5. The highest BCUT2D eigenvalue weighted by molar-refractivity contribution is 5.87. The Morgan fingerprint density at radius 2 is 1.79 bits per heavy atom. The molecule has 2 aromatic carbocycles. The molecule has 0 saturated heterocycles. The van der Waals surface area contributed by atoms with Gasteiger partial charge in [0.1, 0.15) is 0 Å². The molecule has 0 aliphatic carbocycles. The number of methoxy groups -OCH3 is 2. The number of carbonyl (C=O) groups excluding carboxylic acids is 1. The largest absolute Gasteiger partial charge is 0.493 e. The first kappa shape index (κ1) is 18.8. The fourth-order valence-corrected chi connectivity index (χ4v) is 3.66. The molecule has 1 unspecified atom stereocenters. The number of pyridine rings is 1. The molecular weight excluding hydrogens is 368 g/mol. The molecule has 0 fully saturated rings. The van der Waals surface area contributed by atoms with E-state index in [-0.39, 0.29) is 5.97 Å². The van der Waals surface area contributed by atoms with E-state index in [9.17, 15) is 4.79 Å². The first-order chi connectivity index (χ1) is 14.0. The lowest BCUT2D eigenvalue weighted by molar-refractivity contribution is -0.144. The summed E-state index contributed by atoms with van der Waals surface area (Å²) in [4.78, 5) is 16.4. The van der Waals surface area contributed by atoms with E-state index in [0.29, 0.717) is 11.5 Å². The van der Waals surface area contributed by atoms with E-state index in [2.05, 4.69) is 15.6 Å². The first-order valence-corrected chi connectivity index (χ1v) is 9.24. The van der Waals surface area contributed by atoms with E-state index < -0.39 is 6.10 Å². The first-order valence-electron chi connectivity index (χ1n) is 9.24. The van der Waals surface area contributed by atoms with E-state index in [4.69, 9.17) is 14.2 Å². The van der Waals surface area contributed by atoms with Crippen LogP contribution in [-0.2, 0) is 16.6 Å². The summed E-state index contributed by atoms with van der Waals surface area (Å²) in [5, 5.41) is 1.92. The number of rotatable bonds is 5. The third kappa shape index (κ3) is 3.38. The number of carbonyl (C=O) groups is 1. The minimum Gasteiger partial charge on any atom is -0.493 e. The normalized spacial score (nSPS) is 12.1. The molecule has 6 nitrogen and oxygen atoms in total. The molecule has 4 rings (SSSR count). The Kier molecular flexibility index (Phi) is 4.84. The molecule has 0 aliphatic heterocycles. The van der Waals surface area contributed by atoms with Crippen molar-refractivity contribution in [1.29, 1.82) is 0 Å². The molecule has 0 radical (unpaired) electrons. The van der Waals surface area contributed by atoms with Crippen LogP contribution in [0, 0.1) is 0 Å². The van der Waals surface area contributed by atoms with Crippen molar-refractivity contribution in [3.8, 4) is 11.5 Å². The van der Waals surface area contributed by atoms with E-state index in [0.717, 1.165) is 32.9 Å². The van der Waals surface area contributed by atoms with Gasteiger partial charge in [0.25, 0.3) is 0 Å². The number of esters is 1.